The Bertz CT molecular complexity index is 181. The Balaban J connectivity index is 2.02. The summed E-state index contributed by atoms with van der Waals surface area (Å²) in [7, 11) is 0. The third kappa shape index (κ3) is 1.03. The molecule has 0 saturated carbocycles. The van der Waals surface area contributed by atoms with Gasteiger partial charge >= 0.3 is 0 Å². The Kier molecular flexibility index (Phi) is 1.60. The van der Waals surface area contributed by atoms with Crippen molar-refractivity contribution in [3.63, 3.8) is 0 Å². The zero-order chi connectivity index (χ0) is 7.84. The van der Waals surface area contributed by atoms with Gasteiger partial charge in [0.1, 0.15) is 0 Å². The first-order valence-electron chi connectivity index (χ1n) is 4.22. The first-order valence-corrected chi connectivity index (χ1v) is 4.22. The van der Waals surface area contributed by atoms with Crippen molar-refractivity contribution in [2.45, 2.75) is 31.9 Å². The van der Waals surface area contributed by atoms with Crippen LogP contribution in [-0.2, 0) is 9.53 Å². The van der Waals surface area contributed by atoms with Crippen molar-refractivity contribution in [1.82, 2.24) is 4.90 Å². The molecule has 2 atom stereocenters. The lowest BCUT2D eigenvalue weighted by Crippen LogP contribution is -2.40. The Morgan fingerprint density at radius 3 is 3.00 bits per heavy atom. The third-order valence-electron chi connectivity index (χ3n) is 2.52. The fraction of sp³-hybridized carbons (Fsp3) is 0.875. The second kappa shape index (κ2) is 2.48. The smallest absolute Gasteiger partial charge is 0.222 e. The normalized spacial score (nSPS) is 34.8. The van der Waals surface area contributed by atoms with E-state index in [0.717, 1.165) is 19.6 Å². The summed E-state index contributed by atoms with van der Waals surface area (Å²) in [4.78, 5) is 13.2. The van der Waals surface area contributed by atoms with Crippen molar-refractivity contribution in [2.24, 2.45) is 0 Å². The summed E-state index contributed by atoms with van der Waals surface area (Å²) in [6.45, 7) is 3.50. The minimum absolute atomic E-state index is 0.279. The van der Waals surface area contributed by atoms with E-state index < -0.39 is 0 Å². The molecule has 2 aliphatic heterocycles. The van der Waals surface area contributed by atoms with Crippen molar-refractivity contribution in [3.8, 4) is 0 Å². The molecule has 0 N–H and O–H groups in total. The highest BCUT2D eigenvalue weighted by Crippen LogP contribution is 2.27. The van der Waals surface area contributed by atoms with Crippen molar-refractivity contribution in [2.75, 3.05) is 13.2 Å². The number of carbonyl (C=O) groups is 1. The number of rotatable bonds is 1. The second-order valence-corrected chi connectivity index (χ2v) is 3.24. The number of hydrogen-bond donors (Lipinski definition) is 0. The summed E-state index contributed by atoms with van der Waals surface area (Å²) in [5.41, 5.74) is 0. The molecule has 0 aromatic rings. The summed E-state index contributed by atoms with van der Waals surface area (Å²) >= 11 is 0. The number of hydrogen-bond acceptors (Lipinski definition) is 2. The minimum atomic E-state index is 0.279. The number of fused-ring (bicyclic) bond motifs is 2. The van der Waals surface area contributed by atoms with Crippen LogP contribution in [0.4, 0.5) is 0 Å². The largest absolute Gasteiger partial charge is 0.374 e. The van der Waals surface area contributed by atoms with Gasteiger partial charge in [-0.2, -0.15) is 0 Å². The highest BCUT2D eigenvalue weighted by atomic mass is 16.5. The van der Waals surface area contributed by atoms with E-state index in [1.165, 1.54) is 0 Å². The number of morpholine rings is 1. The topological polar surface area (TPSA) is 29.5 Å². The average Bonchev–Trinajstić information content (AvgIpc) is 2.62. The lowest BCUT2D eigenvalue weighted by atomic mass is 10.2. The van der Waals surface area contributed by atoms with Gasteiger partial charge in [-0.15, -0.1) is 0 Å². The van der Waals surface area contributed by atoms with Gasteiger partial charge in [0.15, 0.2) is 0 Å². The van der Waals surface area contributed by atoms with Crippen LogP contribution in [0.3, 0.4) is 0 Å². The Hall–Kier alpha value is -0.570. The highest BCUT2D eigenvalue weighted by molar-refractivity contribution is 5.76. The number of ether oxygens (including phenoxy) is 1. The molecule has 0 unspecified atom stereocenters. The molecule has 3 nitrogen and oxygen atoms in total. The van der Waals surface area contributed by atoms with Crippen LogP contribution in [0.2, 0.25) is 0 Å². The summed E-state index contributed by atoms with van der Waals surface area (Å²) in [5.74, 6) is 0.279. The first-order chi connectivity index (χ1) is 5.31. The fourth-order valence-electron chi connectivity index (χ4n) is 1.91. The van der Waals surface area contributed by atoms with Crippen molar-refractivity contribution in [3.05, 3.63) is 0 Å². The van der Waals surface area contributed by atoms with Gasteiger partial charge in [-0.05, 0) is 6.42 Å². The van der Waals surface area contributed by atoms with Gasteiger partial charge in [0.05, 0.1) is 18.8 Å². The van der Waals surface area contributed by atoms with Gasteiger partial charge in [0.25, 0.3) is 0 Å². The first kappa shape index (κ1) is 7.10. The Morgan fingerprint density at radius 1 is 1.73 bits per heavy atom. The predicted octanol–water partition coefficient (Wildman–Crippen LogP) is 0.396. The summed E-state index contributed by atoms with van der Waals surface area (Å²) in [5, 5.41) is 0. The number of likely N-dealkylation sites (tertiary alicyclic amines) is 1. The molecule has 0 aromatic carbocycles. The van der Waals surface area contributed by atoms with Crippen LogP contribution in [0.1, 0.15) is 19.8 Å². The number of amides is 1. The lowest BCUT2D eigenvalue weighted by molar-refractivity contribution is -0.135. The summed E-state index contributed by atoms with van der Waals surface area (Å²) in [6.07, 6.45) is 2.03. The van der Waals surface area contributed by atoms with Gasteiger partial charge in [0.2, 0.25) is 5.91 Å². The van der Waals surface area contributed by atoms with Crippen LogP contribution in [0.5, 0.6) is 0 Å². The standard InChI is InChI=1S/C8H13NO2/c1-2-8(10)9-4-7-3-6(9)5-11-7/h6-7H,2-5H2,1H3/t6-,7-/m1/s1. The van der Waals surface area contributed by atoms with Crippen LogP contribution >= 0.6 is 0 Å². The number of carbonyl (C=O) groups excluding carboxylic acids is 1. The highest BCUT2D eigenvalue weighted by Gasteiger charge is 2.40. The molecule has 11 heavy (non-hydrogen) atoms. The van der Waals surface area contributed by atoms with Gasteiger partial charge < -0.3 is 9.64 Å². The predicted molar refractivity (Wildman–Crippen MR) is 40.1 cm³/mol. The second-order valence-electron chi connectivity index (χ2n) is 3.24. The molecule has 1 amide bonds. The average molecular weight is 155 g/mol. The summed E-state index contributed by atoms with van der Waals surface area (Å²) < 4.78 is 5.38. The van der Waals surface area contributed by atoms with E-state index >= 15 is 0 Å². The molecule has 0 aromatic heterocycles. The maximum absolute atomic E-state index is 11.3. The SMILES string of the molecule is CCC(=O)N1C[C@H]2C[C@@H]1CO2. The van der Waals surface area contributed by atoms with Crippen LogP contribution in [-0.4, -0.2) is 36.1 Å². The zero-order valence-electron chi connectivity index (χ0n) is 6.75. The molecule has 0 aliphatic carbocycles. The molecule has 2 rings (SSSR count). The fourth-order valence-corrected chi connectivity index (χ4v) is 1.91. The molecular weight excluding hydrogens is 142 g/mol. The molecule has 2 bridgehead atoms. The molecule has 2 heterocycles. The molecule has 0 spiro atoms. The minimum Gasteiger partial charge on any atom is -0.374 e. The maximum atomic E-state index is 11.3. The van der Waals surface area contributed by atoms with Crippen LogP contribution in [0.25, 0.3) is 0 Å². The van der Waals surface area contributed by atoms with E-state index in [4.69, 9.17) is 4.74 Å². The Labute approximate surface area is 66.3 Å². The Morgan fingerprint density at radius 2 is 2.55 bits per heavy atom. The molecular formula is C8H13NO2. The van der Waals surface area contributed by atoms with Crippen molar-refractivity contribution < 1.29 is 9.53 Å². The molecule has 2 saturated heterocycles. The van der Waals surface area contributed by atoms with Crippen molar-refractivity contribution >= 4 is 5.91 Å². The van der Waals surface area contributed by atoms with Gasteiger partial charge in [-0.3, -0.25) is 4.79 Å². The van der Waals surface area contributed by atoms with E-state index in [2.05, 4.69) is 0 Å². The van der Waals surface area contributed by atoms with Gasteiger partial charge in [-0.1, -0.05) is 6.92 Å². The molecule has 3 heteroatoms. The third-order valence-corrected chi connectivity index (χ3v) is 2.52. The van der Waals surface area contributed by atoms with Crippen LogP contribution in [0.15, 0.2) is 0 Å². The molecule has 2 aliphatic rings. The van der Waals surface area contributed by atoms with E-state index in [-0.39, 0.29) is 5.91 Å². The molecule has 2 fully saturated rings. The lowest BCUT2D eigenvalue weighted by Gasteiger charge is -2.26. The quantitative estimate of drug-likeness (QED) is 0.548. The maximum Gasteiger partial charge on any atom is 0.222 e. The van der Waals surface area contributed by atoms with Crippen molar-refractivity contribution in [1.29, 1.82) is 0 Å². The van der Waals surface area contributed by atoms with E-state index in [1.807, 2.05) is 11.8 Å². The van der Waals surface area contributed by atoms with Crippen LogP contribution < -0.4 is 0 Å². The monoisotopic (exact) mass is 155 g/mol. The van der Waals surface area contributed by atoms with Crippen LogP contribution in [0, 0.1) is 0 Å². The van der Waals surface area contributed by atoms with Gasteiger partial charge in [-0.25, -0.2) is 0 Å². The zero-order valence-corrected chi connectivity index (χ0v) is 6.75. The molecule has 0 radical (unpaired) electrons. The van der Waals surface area contributed by atoms with E-state index in [9.17, 15) is 4.79 Å². The van der Waals surface area contributed by atoms with E-state index in [1.54, 1.807) is 0 Å². The van der Waals surface area contributed by atoms with Gasteiger partial charge in [0, 0.05) is 13.0 Å². The molecule has 62 valence electrons. The summed E-state index contributed by atoms with van der Waals surface area (Å²) in [6, 6.07) is 0.396. The van der Waals surface area contributed by atoms with E-state index in [0.29, 0.717) is 18.6 Å². The number of nitrogens with zero attached hydrogens (tertiary/aromatic N) is 1.